The van der Waals surface area contributed by atoms with Crippen molar-refractivity contribution in [2.45, 2.75) is 37.6 Å². The van der Waals surface area contributed by atoms with E-state index in [9.17, 15) is 20.1 Å². The van der Waals surface area contributed by atoms with Crippen LogP contribution in [0.3, 0.4) is 0 Å². The van der Waals surface area contributed by atoms with Gasteiger partial charge in [-0.2, -0.15) is 0 Å². The first kappa shape index (κ1) is 12.3. The molecule has 7 heteroatoms. The second kappa shape index (κ2) is 4.86. The summed E-state index contributed by atoms with van der Waals surface area (Å²) in [5.74, 6) is -0.462. The summed E-state index contributed by atoms with van der Waals surface area (Å²) >= 11 is 0. The maximum absolute atomic E-state index is 10.7. The number of amides is 1. The van der Waals surface area contributed by atoms with Gasteiger partial charge >= 0.3 is 0 Å². The molecule has 7 nitrogen and oxygen atoms in total. The lowest BCUT2D eigenvalue weighted by molar-refractivity contribution is -0.253. The molecule has 1 rings (SSSR count). The Morgan fingerprint density at radius 1 is 1.33 bits per heavy atom. The fourth-order valence-corrected chi connectivity index (χ4v) is 1.49. The number of rotatable bonds is 2. The largest absolute Gasteiger partial charge is 0.394 e. The Morgan fingerprint density at radius 2 is 1.93 bits per heavy atom. The first-order chi connectivity index (χ1) is 6.97. The minimum atomic E-state index is -1.45. The summed E-state index contributed by atoms with van der Waals surface area (Å²) in [6.07, 6.45) is -5.24. The number of carbonyl (C=O) groups excluding carboxylic acids is 1. The molecule has 0 aliphatic carbocycles. The lowest BCUT2D eigenvalue weighted by Crippen LogP contribution is -2.63. The smallest absolute Gasteiger partial charge is 0.217 e. The molecule has 1 saturated heterocycles. The number of aliphatic hydroxyl groups is 4. The molecule has 15 heavy (non-hydrogen) atoms. The van der Waals surface area contributed by atoms with Crippen LogP contribution in [0.5, 0.6) is 0 Å². The molecule has 1 amide bonds. The number of aliphatic hydroxyl groups excluding tert-OH is 4. The molecule has 1 heterocycles. The van der Waals surface area contributed by atoms with Crippen molar-refractivity contribution in [2.75, 3.05) is 6.61 Å². The van der Waals surface area contributed by atoms with Crippen LogP contribution in [0.15, 0.2) is 0 Å². The quantitative estimate of drug-likeness (QED) is 0.337. The second-order valence-corrected chi connectivity index (χ2v) is 3.46. The van der Waals surface area contributed by atoms with Crippen LogP contribution in [0.2, 0.25) is 0 Å². The highest BCUT2D eigenvalue weighted by Gasteiger charge is 2.43. The van der Waals surface area contributed by atoms with Crippen molar-refractivity contribution in [3.8, 4) is 0 Å². The van der Waals surface area contributed by atoms with Gasteiger partial charge < -0.3 is 30.5 Å². The SMILES string of the molecule is CC(=O)N[C@@H]1C(O)[C@H](O)C(CO)O[C@H]1O. The Kier molecular flexibility index (Phi) is 4.00. The van der Waals surface area contributed by atoms with Gasteiger partial charge in [-0.3, -0.25) is 4.79 Å². The zero-order valence-corrected chi connectivity index (χ0v) is 8.20. The highest BCUT2D eigenvalue weighted by Crippen LogP contribution is 2.19. The van der Waals surface area contributed by atoms with Crippen LogP contribution in [0.4, 0.5) is 0 Å². The molecule has 0 radical (unpaired) electrons. The van der Waals surface area contributed by atoms with Gasteiger partial charge in [0.15, 0.2) is 6.29 Å². The average Bonchev–Trinajstić information content (AvgIpc) is 2.18. The van der Waals surface area contributed by atoms with E-state index in [1.807, 2.05) is 0 Å². The molecule has 5 atom stereocenters. The minimum absolute atomic E-state index is 0.462. The molecular weight excluding hydrogens is 206 g/mol. The van der Waals surface area contributed by atoms with E-state index in [2.05, 4.69) is 5.32 Å². The fraction of sp³-hybridized carbons (Fsp3) is 0.875. The highest BCUT2D eigenvalue weighted by molar-refractivity contribution is 5.73. The van der Waals surface area contributed by atoms with Gasteiger partial charge in [0.25, 0.3) is 0 Å². The Hall–Kier alpha value is -0.730. The van der Waals surface area contributed by atoms with Gasteiger partial charge in [-0.1, -0.05) is 0 Å². The van der Waals surface area contributed by atoms with Gasteiger partial charge in [-0.25, -0.2) is 0 Å². The van der Waals surface area contributed by atoms with Crippen LogP contribution in [0, 0.1) is 0 Å². The molecule has 0 bridgehead atoms. The molecular formula is C8H15NO6. The Morgan fingerprint density at radius 3 is 2.40 bits per heavy atom. The van der Waals surface area contributed by atoms with E-state index >= 15 is 0 Å². The maximum Gasteiger partial charge on any atom is 0.217 e. The van der Waals surface area contributed by atoms with E-state index < -0.39 is 43.2 Å². The number of hydrogen-bond acceptors (Lipinski definition) is 6. The third-order valence-corrected chi connectivity index (χ3v) is 2.27. The molecule has 0 aromatic carbocycles. The van der Waals surface area contributed by atoms with Crippen molar-refractivity contribution in [3.63, 3.8) is 0 Å². The van der Waals surface area contributed by atoms with Gasteiger partial charge in [0, 0.05) is 6.92 Å². The van der Waals surface area contributed by atoms with Gasteiger partial charge in [-0.05, 0) is 0 Å². The van der Waals surface area contributed by atoms with Crippen LogP contribution in [0.25, 0.3) is 0 Å². The van der Waals surface area contributed by atoms with Crippen LogP contribution in [0.1, 0.15) is 6.92 Å². The molecule has 5 N–H and O–H groups in total. The molecule has 0 spiro atoms. The Bertz CT molecular complexity index is 235. The van der Waals surface area contributed by atoms with E-state index in [1.54, 1.807) is 0 Å². The number of carbonyl (C=O) groups is 1. The van der Waals surface area contributed by atoms with Crippen molar-refractivity contribution >= 4 is 5.91 Å². The van der Waals surface area contributed by atoms with Crippen LogP contribution >= 0.6 is 0 Å². The van der Waals surface area contributed by atoms with Gasteiger partial charge in [-0.15, -0.1) is 0 Å². The highest BCUT2D eigenvalue weighted by atomic mass is 16.6. The summed E-state index contributed by atoms with van der Waals surface area (Å²) in [4.78, 5) is 10.7. The maximum atomic E-state index is 10.7. The van der Waals surface area contributed by atoms with E-state index in [1.165, 1.54) is 6.92 Å². The summed E-state index contributed by atoms with van der Waals surface area (Å²) < 4.78 is 4.81. The van der Waals surface area contributed by atoms with E-state index in [0.29, 0.717) is 0 Å². The second-order valence-electron chi connectivity index (χ2n) is 3.46. The third kappa shape index (κ3) is 2.64. The fourth-order valence-electron chi connectivity index (χ4n) is 1.49. The lowest BCUT2D eigenvalue weighted by atomic mass is 9.97. The number of nitrogens with one attached hydrogen (secondary N) is 1. The summed E-state index contributed by atoms with van der Waals surface area (Å²) in [6, 6.07) is -1.10. The third-order valence-electron chi connectivity index (χ3n) is 2.27. The van der Waals surface area contributed by atoms with E-state index in [0.717, 1.165) is 0 Å². The van der Waals surface area contributed by atoms with Crippen molar-refractivity contribution in [1.82, 2.24) is 5.32 Å². The zero-order valence-electron chi connectivity index (χ0n) is 8.20. The van der Waals surface area contributed by atoms with Crippen LogP contribution in [-0.2, 0) is 9.53 Å². The van der Waals surface area contributed by atoms with Crippen molar-refractivity contribution in [2.24, 2.45) is 0 Å². The minimum Gasteiger partial charge on any atom is -0.394 e. The standard InChI is InChI=1S/C8H15NO6/c1-3(11)9-5-7(13)6(12)4(2-10)15-8(5)14/h4-8,10,12-14H,2H2,1H3,(H,9,11)/t4?,5-,6-,7?,8-/m1/s1. The molecule has 1 fully saturated rings. The molecule has 1 aliphatic rings. The average molecular weight is 221 g/mol. The summed E-state index contributed by atoms with van der Waals surface area (Å²) in [7, 11) is 0. The van der Waals surface area contributed by atoms with E-state index in [-0.39, 0.29) is 0 Å². The molecule has 0 aromatic heterocycles. The number of ether oxygens (including phenoxy) is 1. The monoisotopic (exact) mass is 221 g/mol. The predicted octanol–water partition coefficient (Wildman–Crippen LogP) is -3.08. The molecule has 1 aliphatic heterocycles. The normalized spacial score (nSPS) is 41.3. The summed E-state index contributed by atoms with van der Waals surface area (Å²) in [6.45, 7) is 0.687. The molecule has 0 saturated carbocycles. The predicted molar refractivity (Wildman–Crippen MR) is 47.6 cm³/mol. The van der Waals surface area contributed by atoms with Crippen molar-refractivity contribution in [3.05, 3.63) is 0 Å². The molecule has 2 unspecified atom stereocenters. The van der Waals surface area contributed by atoms with Crippen LogP contribution in [-0.4, -0.2) is 63.6 Å². The van der Waals surface area contributed by atoms with E-state index in [4.69, 9.17) is 9.84 Å². The number of hydrogen-bond donors (Lipinski definition) is 5. The van der Waals surface area contributed by atoms with Gasteiger partial charge in [0.2, 0.25) is 5.91 Å². The Balaban J connectivity index is 2.70. The Labute approximate surface area is 86.3 Å². The summed E-state index contributed by atoms with van der Waals surface area (Å²) in [5.41, 5.74) is 0. The van der Waals surface area contributed by atoms with Crippen molar-refractivity contribution in [1.29, 1.82) is 0 Å². The molecule has 88 valence electrons. The zero-order chi connectivity index (χ0) is 11.6. The van der Waals surface area contributed by atoms with Crippen molar-refractivity contribution < 1.29 is 30.0 Å². The van der Waals surface area contributed by atoms with Crippen LogP contribution < -0.4 is 5.32 Å². The van der Waals surface area contributed by atoms with Gasteiger partial charge in [0.1, 0.15) is 24.4 Å². The molecule has 0 aromatic rings. The topological polar surface area (TPSA) is 119 Å². The summed E-state index contributed by atoms with van der Waals surface area (Å²) in [5, 5.41) is 39.4. The van der Waals surface area contributed by atoms with Gasteiger partial charge in [0.05, 0.1) is 6.61 Å². The lowest BCUT2D eigenvalue weighted by Gasteiger charge is -2.40. The first-order valence-electron chi connectivity index (χ1n) is 4.55. The first-order valence-corrected chi connectivity index (χ1v) is 4.55.